The summed E-state index contributed by atoms with van der Waals surface area (Å²) in [7, 11) is 0. The molecule has 0 bridgehead atoms. The number of nitrogens with zero attached hydrogens (tertiary/aromatic N) is 1. The van der Waals surface area contributed by atoms with Crippen LogP contribution in [0.5, 0.6) is 0 Å². The Bertz CT molecular complexity index is 657. The van der Waals surface area contributed by atoms with Crippen molar-refractivity contribution >= 4 is 29.2 Å². The predicted octanol–water partition coefficient (Wildman–Crippen LogP) is 0.868. The smallest absolute Gasteiger partial charge is 0.322 e. The number of nitrogens with one attached hydrogen (secondary N) is 3. The lowest BCUT2D eigenvalue weighted by Crippen LogP contribution is -2.53. The van der Waals surface area contributed by atoms with Crippen molar-refractivity contribution in [2.45, 2.75) is 38.6 Å². The first-order valence-electron chi connectivity index (χ1n) is 7.28. The third-order valence-electron chi connectivity index (χ3n) is 4.42. The van der Waals surface area contributed by atoms with Gasteiger partial charge in [0.25, 0.3) is 11.8 Å². The quantitative estimate of drug-likeness (QED) is 0.719. The van der Waals surface area contributed by atoms with E-state index in [1.54, 1.807) is 0 Å². The van der Waals surface area contributed by atoms with E-state index in [0.717, 1.165) is 22.7 Å². The molecule has 1 aromatic rings. The lowest BCUT2D eigenvalue weighted by atomic mass is 9.87. The van der Waals surface area contributed by atoms with Gasteiger partial charge in [0, 0.05) is 17.3 Å². The minimum atomic E-state index is -0.864. The van der Waals surface area contributed by atoms with Gasteiger partial charge < -0.3 is 10.6 Å². The topological polar surface area (TPSA) is 100 Å². The molecule has 118 valence electrons. The van der Waals surface area contributed by atoms with Crippen molar-refractivity contribution in [1.29, 1.82) is 0 Å². The van der Waals surface area contributed by atoms with E-state index in [1.807, 2.05) is 13.8 Å². The Balaban J connectivity index is 1.68. The molecule has 7 nitrogen and oxygen atoms in total. The number of hydrogen-bond donors (Lipinski definition) is 3. The zero-order valence-electron chi connectivity index (χ0n) is 12.5. The number of urea groups is 1. The van der Waals surface area contributed by atoms with E-state index in [0.29, 0.717) is 18.7 Å². The molecule has 0 aromatic carbocycles. The fourth-order valence-corrected chi connectivity index (χ4v) is 4.18. The highest BCUT2D eigenvalue weighted by atomic mass is 32.1. The fraction of sp³-hybridized carbons (Fsp3) is 0.571. The van der Waals surface area contributed by atoms with Gasteiger partial charge >= 0.3 is 6.03 Å². The second kappa shape index (κ2) is 5.35. The SMILES string of the molecule is Cc1nc(C(=O)NC[C@@H]2CCC[C@@]23NC(=O)NC3=O)c(C)s1. The Morgan fingerprint density at radius 1 is 1.45 bits per heavy atom. The van der Waals surface area contributed by atoms with Crippen molar-refractivity contribution in [3.8, 4) is 0 Å². The fourth-order valence-electron chi connectivity index (χ4n) is 3.36. The van der Waals surface area contributed by atoms with Gasteiger partial charge in [-0.25, -0.2) is 9.78 Å². The highest BCUT2D eigenvalue weighted by molar-refractivity contribution is 7.11. The van der Waals surface area contributed by atoms with Crippen LogP contribution in [0.15, 0.2) is 0 Å². The van der Waals surface area contributed by atoms with Crippen LogP contribution in [0, 0.1) is 19.8 Å². The molecular formula is C14H18N4O3S. The van der Waals surface area contributed by atoms with E-state index >= 15 is 0 Å². The number of carbonyl (C=O) groups is 3. The number of aryl methyl sites for hydroxylation is 2. The number of carbonyl (C=O) groups excluding carboxylic acids is 3. The van der Waals surface area contributed by atoms with Crippen molar-refractivity contribution in [3.63, 3.8) is 0 Å². The van der Waals surface area contributed by atoms with E-state index in [1.165, 1.54) is 11.3 Å². The van der Waals surface area contributed by atoms with Crippen molar-refractivity contribution in [2.24, 2.45) is 5.92 Å². The van der Waals surface area contributed by atoms with Gasteiger partial charge in [-0.1, -0.05) is 6.42 Å². The molecule has 2 fully saturated rings. The van der Waals surface area contributed by atoms with E-state index in [2.05, 4.69) is 20.9 Å². The summed E-state index contributed by atoms with van der Waals surface area (Å²) in [6.45, 7) is 4.07. The van der Waals surface area contributed by atoms with E-state index < -0.39 is 11.6 Å². The lowest BCUT2D eigenvalue weighted by Gasteiger charge is -2.28. The van der Waals surface area contributed by atoms with Gasteiger partial charge in [0.1, 0.15) is 11.2 Å². The van der Waals surface area contributed by atoms with E-state index in [9.17, 15) is 14.4 Å². The zero-order valence-corrected chi connectivity index (χ0v) is 13.3. The van der Waals surface area contributed by atoms with Crippen LogP contribution in [0.25, 0.3) is 0 Å². The molecule has 1 aliphatic carbocycles. The number of rotatable bonds is 3. The second-order valence-electron chi connectivity index (χ2n) is 5.82. The van der Waals surface area contributed by atoms with Crippen molar-refractivity contribution in [3.05, 3.63) is 15.6 Å². The summed E-state index contributed by atoms with van der Waals surface area (Å²) in [5.74, 6) is -0.605. The molecule has 8 heteroatoms. The Kier molecular flexibility index (Phi) is 3.64. The Morgan fingerprint density at radius 2 is 2.23 bits per heavy atom. The number of imide groups is 1. The van der Waals surface area contributed by atoms with Crippen LogP contribution in [-0.2, 0) is 4.79 Å². The molecule has 1 aliphatic heterocycles. The van der Waals surface area contributed by atoms with Gasteiger partial charge in [-0.2, -0.15) is 0 Å². The average Bonchev–Trinajstić information content (AvgIpc) is 3.08. The first kappa shape index (κ1) is 15.0. The summed E-state index contributed by atoms with van der Waals surface area (Å²) in [5.41, 5.74) is -0.424. The third kappa shape index (κ3) is 2.37. The summed E-state index contributed by atoms with van der Waals surface area (Å²) in [4.78, 5) is 40.8. The standard InChI is InChI=1S/C14H18N4O3S/c1-7-10(16-8(2)22-7)11(19)15-6-9-4-3-5-14(9)12(20)17-13(21)18-14/h9H,3-6H2,1-2H3,(H,15,19)(H2,17,18,20,21)/t9-,14+/m0/s1. The van der Waals surface area contributed by atoms with E-state index in [4.69, 9.17) is 0 Å². The zero-order chi connectivity index (χ0) is 15.9. The first-order valence-corrected chi connectivity index (χ1v) is 8.10. The molecule has 3 rings (SSSR count). The minimum Gasteiger partial charge on any atom is -0.350 e. The minimum absolute atomic E-state index is 0.0945. The maximum Gasteiger partial charge on any atom is 0.322 e. The molecule has 1 saturated heterocycles. The van der Waals surface area contributed by atoms with Gasteiger partial charge in [0.2, 0.25) is 0 Å². The summed E-state index contributed by atoms with van der Waals surface area (Å²) in [5, 5.41) is 8.75. The number of amides is 4. The second-order valence-corrected chi connectivity index (χ2v) is 7.22. The molecule has 1 saturated carbocycles. The Labute approximate surface area is 131 Å². The first-order chi connectivity index (χ1) is 10.4. The van der Waals surface area contributed by atoms with Crippen molar-refractivity contribution < 1.29 is 14.4 Å². The molecule has 0 radical (unpaired) electrons. The van der Waals surface area contributed by atoms with Gasteiger partial charge in [-0.15, -0.1) is 11.3 Å². The van der Waals surface area contributed by atoms with Crippen LogP contribution in [0.1, 0.15) is 39.6 Å². The van der Waals surface area contributed by atoms with E-state index in [-0.39, 0.29) is 17.7 Å². The summed E-state index contributed by atoms with van der Waals surface area (Å²) >= 11 is 1.48. The van der Waals surface area contributed by atoms with Crippen molar-refractivity contribution in [2.75, 3.05) is 6.54 Å². The van der Waals surface area contributed by atoms with Gasteiger partial charge in [-0.3, -0.25) is 14.9 Å². The van der Waals surface area contributed by atoms with Gasteiger partial charge in [0.15, 0.2) is 0 Å². The van der Waals surface area contributed by atoms with Gasteiger partial charge in [0.05, 0.1) is 5.01 Å². The molecule has 22 heavy (non-hydrogen) atoms. The Morgan fingerprint density at radius 3 is 2.82 bits per heavy atom. The molecule has 2 aliphatic rings. The highest BCUT2D eigenvalue weighted by Gasteiger charge is 2.54. The Hall–Kier alpha value is -1.96. The summed E-state index contributed by atoms with van der Waals surface area (Å²) in [6, 6.07) is -0.450. The normalized spacial score (nSPS) is 27.1. The lowest BCUT2D eigenvalue weighted by molar-refractivity contribution is -0.125. The largest absolute Gasteiger partial charge is 0.350 e. The molecule has 4 amide bonds. The van der Waals surface area contributed by atoms with Crippen LogP contribution in [0.4, 0.5) is 4.79 Å². The van der Waals surface area contributed by atoms with Crippen molar-refractivity contribution in [1.82, 2.24) is 20.9 Å². The van der Waals surface area contributed by atoms with Crippen LogP contribution in [0.3, 0.4) is 0 Å². The third-order valence-corrected chi connectivity index (χ3v) is 5.30. The maximum absolute atomic E-state index is 12.2. The monoisotopic (exact) mass is 322 g/mol. The molecule has 3 N–H and O–H groups in total. The number of aromatic nitrogens is 1. The van der Waals surface area contributed by atoms with Crippen LogP contribution >= 0.6 is 11.3 Å². The number of hydrogen-bond acceptors (Lipinski definition) is 5. The highest BCUT2D eigenvalue weighted by Crippen LogP contribution is 2.37. The number of thiazole rings is 1. The van der Waals surface area contributed by atoms with Crippen LogP contribution in [0.2, 0.25) is 0 Å². The van der Waals surface area contributed by atoms with Crippen LogP contribution < -0.4 is 16.0 Å². The molecule has 0 unspecified atom stereocenters. The predicted molar refractivity (Wildman–Crippen MR) is 80.7 cm³/mol. The molecule has 1 aromatic heterocycles. The van der Waals surface area contributed by atoms with Gasteiger partial charge in [-0.05, 0) is 26.7 Å². The summed E-state index contributed by atoms with van der Waals surface area (Å²) < 4.78 is 0. The summed E-state index contributed by atoms with van der Waals surface area (Å²) in [6.07, 6.45) is 2.26. The molecule has 2 heterocycles. The molecule has 1 spiro atoms. The van der Waals surface area contributed by atoms with Crippen LogP contribution in [-0.4, -0.2) is 34.9 Å². The average molecular weight is 322 g/mol. The molecular weight excluding hydrogens is 304 g/mol. The maximum atomic E-state index is 12.2. The molecule has 2 atom stereocenters.